The Balaban J connectivity index is 1.96. The van der Waals surface area contributed by atoms with Crippen LogP contribution in [0.1, 0.15) is 11.3 Å². The van der Waals surface area contributed by atoms with Crippen LogP contribution >= 0.6 is 31.9 Å². The van der Waals surface area contributed by atoms with E-state index in [2.05, 4.69) is 52.3 Å². The highest BCUT2D eigenvalue weighted by Crippen LogP contribution is 2.34. The lowest BCUT2D eigenvalue weighted by Gasteiger charge is -2.10. The van der Waals surface area contributed by atoms with Gasteiger partial charge in [0.2, 0.25) is 0 Å². The third-order valence-corrected chi connectivity index (χ3v) is 4.52. The molecule has 0 fully saturated rings. The van der Waals surface area contributed by atoms with Crippen molar-refractivity contribution in [2.45, 2.75) is 12.8 Å². The fraction of sp³-hybridized carbons (Fsp3) is 0.267. The number of nitrogen functional groups attached to an aromatic ring is 1. The summed E-state index contributed by atoms with van der Waals surface area (Å²) in [4.78, 5) is 18.9. The first-order valence-corrected chi connectivity index (χ1v) is 8.83. The van der Waals surface area contributed by atoms with Gasteiger partial charge in [-0.05, 0) is 49.6 Å². The molecule has 1 aromatic heterocycles. The number of anilines is 1. The molecule has 0 radical (unpaired) electrons. The Morgan fingerprint density at radius 1 is 1.44 bits per heavy atom. The Hall–Kier alpha value is -2.07. The average molecular weight is 475 g/mol. The highest BCUT2D eigenvalue weighted by Gasteiger charge is 2.15. The highest BCUT2D eigenvalue weighted by molar-refractivity contribution is 9.11. The molecular formula is C15H17Br2N5O3. The number of ether oxygens (including phenoxy) is 1. The zero-order valence-electron chi connectivity index (χ0n) is 13.3. The number of aromatic nitrogens is 2. The van der Waals surface area contributed by atoms with Crippen LogP contribution in [0.5, 0.6) is 5.75 Å². The molecule has 1 amide bonds. The van der Waals surface area contributed by atoms with Crippen LogP contribution in [-0.2, 0) is 17.6 Å². The summed E-state index contributed by atoms with van der Waals surface area (Å²) >= 11 is 6.80. The number of imidazole rings is 1. The Bertz CT molecular complexity index is 768. The minimum absolute atomic E-state index is 0.00749. The molecule has 0 unspecified atom stereocenters. The van der Waals surface area contributed by atoms with Crippen molar-refractivity contribution >= 4 is 49.4 Å². The van der Waals surface area contributed by atoms with Gasteiger partial charge in [0.05, 0.1) is 22.3 Å². The van der Waals surface area contributed by atoms with Crippen molar-refractivity contribution in [3.05, 3.63) is 38.5 Å². The molecule has 1 aromatic carbocycles. The fourth-order valence-electron chi connectivity index (χ4n) is 2.18. The van der Waals surface area contributed by atoms with Crippen LogP contribution in [0.15, 0.2) is 32.4 Å². The fourth-order valence-corrected chi connectivity index (χ4v) is 3.79. The van der Waals surface area contributed by atoms with Crippen LogP contribution in [0.2, 0.25) is 0 Å². The number of H-pyrrole nitrogens is 1. The predicted molar refractivity (Wildman–Crippen MR) is 101 cm³/mol. The first-order valence-electron chi connectivity index (χ1n) is 7.25. The van der Waals surface area contributed by atoms with Gasteiger partial charge in [-0.15, -0.1) is 0 Å². The minimum Gasteiger partial charge on any atom is -0.494 e. The number of nitrogens with zero attached hydrogens (tertiary/aromatic N) is 2. The van der Waals surface area contributed by atoms with Gasteiger partial charge in [0.25, 0.3) is 5.91 Å². The summed E-state index contributed by atoms with van der Waals surface area (Å²) in [7, 11) is 1.56. The van der Waals surface area contributed by atoms with Crippen LogP contribution in [0.25, 0.3) is 0 Å². The molecule has 0 aliphatic heterocycles. The van der Waals surface area contributed by atoms with Gasteiger partial charge < -0.3 is 26.0 Å². The van der Waals surface area contributed by atoms with E-state index in [4.69, 9.17) is 15.7 Å². The summed E-state index contributed by atoms with van der Waals surface area (Å²) in [6, 6.07) is 3.60. The Morgan fingerprint density at radius 3 is 2.64 bits per heavy atom. The number of amides is 1. The van der Waals surface area contributed by atoms with Crippen molar-refractivity contribution in [1.82, 2.24) is 15.3 Å². The molecule has 1 heterocycles. The quantitative estimate of drug-likeness (QED) is 0.278. The van der Waals surface area contributed by atoms with Crippen molar-refractivity contribution in [2.24, 2.45) is 5.16 Å². The maximum Gasteiger partial charge on any atom is 0.269 e. The van der Waals surface area contributed by atoms with E-state index in [1.165, 1.54) is 0 Å². The lowest BCUT2D eigenvalue weighted by atomic mass is 10.1. The van der Waals surface area contributed by atoms with Crippen molar-refractivity contribution in [2.75, 3.05) is 19.4 Å². The molecule has 2 rings (SSSR count). The number of benzene rings is 1. The van der Waals surface area contributed by atoms with Crippen LogP contribution in [-0.4, -0.2) is 40.4 Å². The van der Waals surface area contributed by atoms with Crippen molar-refractivity contribution in [3.8, 4) is 5.75 Å². The second kappa shape index (κ2) is 8.86. The number of halogens is 2. The Kier molecular flexibility index (Phi) is 6.82. The summed E-state index contributed by atoms with van der Waals surface area (Å²) in [5.74, 6) is 0.530. The van der Waals surface area contributed by atoms with Crippen molar-refractivity contribution < 1.29 is 14.7 Å². The van der Waals surface area contributed by atoms with E-state index in [-0.39, 0.29) is 12.1 Å². The van der Waals surface area contributed by atoms with E-state index in [1.54, 1.807) is 25.4 Å². The summed E-state index contributed by atoms with van der Waals surface area (Å²) in [6.45, 7) is 0.357. The number of aromatic amines is 1. The van der Waals surface area contributed by atoms with Gasteiger partial charge in [-0.3, -0.25) is 4.79 Å². The second-order valence-corrected chi connectivity index (χ2v) is 6.82. The number of nitrogens with one attached hydrogen (secondary N) is 2. The lowest BCUT2D eigenvalue weighted by molar-refractivity contribution is -0.115. The maximum absolute atomic E-state index is 12.2. The Morgan fingerprint density at radius 2 is 2.12 bits per heavy atom. The molecule has 25 heavy (non-hydrogen) atoms. The van der Waals surface area contributed by atoms with Crippen LogP contribution in [0.4, 0.5) is 5.95 Å². The molecular weight excluding hydrogens is 458 g/mol. The number of carbonyl (C=O) groups is 1. The third kappa shape index (κ3) is 5.20. The van der Waals surface area contributed by atoms with Gasteiger partial charge in [-0.25, -0.2) is 4.98 Å². The van der Waals surface area contributed by atoms with Gasteiger partial charge in [-0.1, -0.05) is 5.16 Å². The number of nitrogens with two attached hydrogens (primary N) is 1. The Labute approximate surface area is 161 Å². The molecule has 0 bridgehead atoms. The summed E-state index contributed by atoms with van der Waals surface area (Å²) < 4.78 is 6.70. The normalized spacial score (nSPS) is 11.4. The SMILES string of the molecule is COc1c(Br)cc(C/C(=N/O)C(=O)NCCc2cnc(N)[nH]2)cc1Br. The predicted octanol–water partition coefficient (Wildman–Crippen LogP) is 2.26. The molecule has 0 aliphatic rings. The van der Waals surface area contributed by atoms with Crippen LogP contribution in [0.3, 0.4) is 0 Å². The molecule has 2 aromatic rings. The number of rotatable bonds is 7. The monoisotopic (exact) mass is 473 g/mol. The minimum atomic E-state index is -0.446. The van der Waals surface area contributed by atoms with E-state index in [0.29, 0.717) is 24.7 Å². The largest absolute Gasteiger partial charge is 0.494 e. The third-order valence-electron chi connectivity index (χ3n) is 3.34. The van der Waals surface area contributed by atoms with Gasteiger partial charge >= 0.3 is 0 Å². The molecule has 8 nitrogen and oxygen atoms in total. The van der Waals surface area contributed by atoms with E-state index in [0.717, 1.165) is 20.2 Å². The zero-order valence-corrected chi connectivity index (χ0v) is 16.5. The lowest BCUT2D eigenvalue weighted by Crippen LogP contribution is -2.33. The first-order chi connectivity index (χ1) is 11.9. The molecule has 10 heteroatoms. The summed E-state index contributed by atoms with van der Waals surface area (Å²) in [5, 5.41) is 15.0. The van der Waals surface area contributed by atoms with Gasteiger partial charge in [0.15, 0.2) is 5.95 Å². The number of hydrogen-bond acceptors (Lipinski definition) is 6. The summed E-state index contributed by atoms with van der Waals surface area (Å²) in [6.07, 6.45) is 2.31. The summed E-state index contributed by atoms with van der Waals surface area (Å²) in [5.41, 5.74) is 7.09. The molecule has 5 N–H and O–H groups in total. The number of carbonyl (C=O) groups excluding carboxylic acids is 1. The van der Waals surface area contributed by atoms with E-state index < -0.39 is 5.91 Å². The molecule has 0 aliphatic carbocycles. The van der Waals surface area contributed by atoms with Crippen LogP contribution in [0, 0.1) is 0 Å². The molecule has 0 saturated carbocycles. The average Bonchev–Trinajstić information content (AvgIpc) is 2.97. The van der Waals surface area contributed by atoms with E-state index >= 15 is 0 Å². The number of methoxy groups -OCH3 is 1. The number of hydrogen-bond donors (Lipinski definition) is 4. The van der Waals surface area contributed by atoms with Crippen LogP contribution < -0.4 is 15.8 Å². The standard InChI is InChI=1S/C15H17Br2N5O3/c1-25-13-10(16)4-8(5-11(13)17)6-12(22-24)14(23)19-3-2-9-7-20-15(18)21-9/h4-5,7,24H,2-3,6H2,1H3,(H,19,23)(H3,18,20,21)/b22-12-. The maximum atomic E-state index is 12.2. The van der Waals surface area contributed by atoms with Gasteiger partial charge in [0.1, 0.15) is 11.5 Å². The number of oxime groups is 1. The van der Waals surface area contributed by atoms with Crippen molar-refractivity contribution in [1.29, 1.82) is 0 Å². The van der Waals surface area contributed by atoms with Gasteiger partial charge in [-0.2, -0.15) is 0 Å². The second-order valence-electron chi connectivity index (χ2n) is 5.12. The van der Waals surface area contributed by atoms with E-state index in [1.807, 2.05) is 0 Å². The highest BCUT2D eigenvalue weighted by atomic mass is 79.9. The molecule has 0 spiro atoms. The van der Waals surface area contributed by atoms with E-state index in [9.17, 15) is 4.79 Å². The zero-order chi connectivity index (χ0) is 18.4. The molecule has 0 atom stereocenters. The molecule has 134 valence electrons. The van der Waals surface area contributed by atoms with Gasteiger partial charge in [0, 0.05) is 25.1 Å². The molecule has 0 saturated heterocycles. The topological polar surface area (TPSA) is 126 Å². The first kappa shape index (κ1) is 19.3. The smallest absolute Gasteiger partial charge is 0.269 e. The van der Waals surface area contributed by atoms with Crippen molar-refractivity contribution in [3.63, 3.8) is 0 Å².